The van der Waals surface area contributed by atoms with Crippen molar-refractivity contribution in [2.75, 3.05) is 0 Å². The van der Waals surface area contributed by atoms with Crippen LogP contribution >= 0.6 is 0 Å². The Balaban J connectivity index is 2.04. The molecule has 0 aliphatic rings. The van der Waals surface area contributed by atoms with Crippen LogP contribution in [0.25, 0.3) is 23.0 Å². The van der Waals surface area contributed by atoms with Gasteiger partial charge in [0.15, 0.2) is 0 Å². The first-order valence-electron chi connectivity index (χ1n) is 6.46. The van der Waals surface area contributed by atoms with Gasteiger partial charge in [0.25, 0.3) is 5.89 Å². The monoisotopic (exact) mass is 285 g/mol. The number of halogens is 1. The summed E-state index contributed by atoms with van der Waals surface area (Å²) in [7, 11) is 0. The number of rotatable bonds is 3. The van der Waals surface area contributed by atoms with E-state index in [-0.39, 0.29) is 17.2 Å². The summed E-state index contributed by atoms with van der Waals surface area (Å²) < 4.78 is 18.9. The van der Waals surface area contributed by atoms with Crippen LogP contribution in [-0.2, 0) is 6.42 Å². The summed E-state index contributed by atoms with van der Waals surface area (Å²) >= 11 is 0. The van der Waals surface area contributed by atoms with Crippen LogP contribution in [0.1, 0.15) is 12.5 Å². The molecular formula is C15H12FN3O2. The molecule has 0 saturated carbocycles. The molecule has 0 unspecified atom stereocenters. The molecule has 0 aliphatic carbocycles. The number of phenolic OH excluding ortho intramolecular Hbond substituents is 1. The molecule has 2 heterocycles. The Morgan fingerprint density at radius 2 is 2.14 bits per heavy atom. The van der Waals surface area contributed by atoms with Gasteiger partial charge in [0.1, 0.15) is 17.3 Å². The van der Waals surface area contributed by atoms with E-state index in [9.17, 15) is 9.50 Å². The lowest BCUT2D eigenvalue weighted by molar-refractivity contribution is 0.428. The highest BCUT2D eigenvalue weighted by Crippen LogP contribution is 2.27. The Morgan fingerprint density at radius 1 is 1.29 bits per heavy atom. The van der Waals surface area contributed by atoms with E-state index < -0.39 is 5.82 Å². The highest BCUT2D eigenvalue weighted by Gasteiger charge is 2.17. The van der Waals surface area contributed by atoms with Crippen LogP contribution < -0.4 is 0 Å². The van der Waals surface area contributed by atoms with Crippen molar-refractivity contribution in [2.45, 2.75) is 13.3 Å². The quantitative estimate of drug-likeness (QED) is 0.800. The standard InChI is InChI=1S/C15H12FN3O2/c1-2-9-4-3-7-17-13(9)14-18-15(21-19-14)11-6-5-10(20)8-12(11)16/h3-8,20H,2H2,1H3. The molecule has 0 fully saturated rings. The van der Waals surface area contributed by atoms with Crippen molar-refractivity contribution in [1.82, 2.24) is 15.1 Å². The Morgan fingerprint density at radius 3 is 2.90 bits per heavy atom. The number of nitrogens with zero attached hydrogens (tertiary/aromatic N) is 3. The van der Waals surface area contributed by atoms with Gasteiger partial charge in [0.2, 0.25) is 5.82 Å². The van der Waals surface area contributed by atoms with Crippen LogP contribution in [0.5, 0.6) is 5.75 Å². The molecule has 0 bridgehead atoms. The summed E-state index contributed by atoms with van der Waals surface area (Å²) in [5.41, 5.74) is 1.74. The van der Waals surface area contributed by atoms with Gasteiger partial charge in [-0.3, -0.25) is 4.98 Å². The Labute approximate surface area is 120 Å². The lowest BCUT2D eigenvalue weighted by Crippen LogP contribution is -1.92. The first kappa shape index (κ1) is 13.2. The highest BCUT2D eigenvalue weighted by molar-refractivity contribution is 5.60. The van der Waals surface area contributed by atoms with Gasteiger partial charge >= 0.3 is 0 Å². The molecule has 1 aromatic carbocycles. The van der Waals surface area contributed by atoms with Crippen LogP contribution in [0.2, 0.25) is 0 Å². The molecule has 5 nitrogen and oxygen atoms in total. The zero-order chi connectivity index (χ0) is 14.8. The normalized spacial score (nSPS) is 10.8. The molecule has 2 aromatic heterocycles. The summed E-state index contributed by atoms with van der Waals surface area (Å²) in [6.45, 7) is 2.00. The number of phenols is 1. The maximum absolute atomic E-state index is 13.8. The number of aryl methyl sites for hydroxylation is 1. The van der Waals surface area contributed by atoms with Crippen LogP contribution in [0, 0.1) is 5.82 Å². The third kappa shape index (κ3) is 2.47. The molecule has 3 aromatic rings. The van der Waals surface area contributed by atoms with Crippen molar-refractivity contribution in [3.63, 3.8) is 0 Å². The highest BCUT2D eigenvalue weighted by atomic mass is 19.1. The van der Waals surface area contributed by atoms with E-state index in [1.807, 2.05) is 19.1 Å². The van der Waals surface area contributed by atoms with Crippen LogP contribution in [0.3, 0.4) is 0 Å². The van der Waals surface area contributed by atoms with Crippen molar-refractivity contribution in [1.29, 1.82) is 0 Å². The number of aromatic hydroxyl groups is 1. The van der Waals surface area contributed by atoms with Gasteiger partial charge in [0.05, 0.1) is 5.56 Å². The Bertz CT molecular complexity index is 786. The van der Waals surface area contributed by atoms with Crippen LogP contribution in [-0.4, -0.2) is 20.2 Å². The number of aromatic nitrogens is 3. The van der Waals surface area contributed by atoms with Crippen LogP contribution in [0.4, 0.5) is 4.39 Å². The minimum atomic E-state index is -0.623. The summed E-state index contributed by atoms with van der Waals surface area (Å²) in [4.78, 5) is 8.43. The topological polar surface area (TPSA) is 72.0 Å². The maximum Gasteiger partial charge on any atom is 0.261 e. The fourth-order valence-electron chi connectivity index (χ4n) is 2.03. The number of hydrogen-bond acceptors (Lipinski definition) is 5. The van der Waals surface area contributed by atoms with Gasteiger partial charge in [-0.25, -0.2) is 4.39 Å². The predicted molar refractivity (Wildman–Crippen MR) is 74.0 cm³/mol. The molecule has 3 rings (SSSR count). The summed E-state index contributed by atoms with van der Waals surface area (Å²) in [6.07, 6.45) is 2.42. The van der Waals surface area contributed by atoms with Crippen molar-refractivity contribution in [2.24, 2.45) is 0 Å². The third-order valence-electron chi connectivity index (χ3n) is 3.09. The predicted octanol–water partition coefficient (Wildman–Crippen LogP) is 3.21. The minimum Gasteiger partial charge on any atom is -0.508 e. The zero-order valence-corrected chi connectivity index (χ0v) is 11.2. The van der Waals surface area contributed by atoms with E-state index in [0.717, 1.165) is 18.1 Å². The van der Waals surface area contributed by atoms with Gasteiger partial charge in [-0.1, -0.05) is 18.1 Å². The van der Waals surface area contributed by atoms with Gasteiger partial charge in [-0.2, -0.15) is 4.98 Å². The average molecular weight is 285 g/mol. The second-order valence-electron chi connectivity index (χ2n) is 4.45. The van der Waals surface area contributed by atoms with E-state index in [1.165, 1.54) is 12.1 Å². The summed E-state index contributed by atoms with van der Waals surface area (Å²) in [5, 5.41) is 13.1. The average Bonchev–Trinajstić information content (AvgIpc) is 2.96. The van der Waals surface area contributed by atoms with Crippen molar-refractivity contribution >= 4 is 0 Å². The Hall–Kier alpha value is -2.76. The molecular weight excluding hydrogens is 273 g/mol. The van der Waals surface area contributed by atoms with E-state index in [0.29, 0.717) is 11.5 Å². The second-order valence-corrected chi connectivity index (χ2v) is 4.45. The fraction of sp³-hybridized carbons (Fsp3) is 0.133. The van der Waals surface area contributed by atoms with Crippen molar-refractivity contribution < 1.29 is 14.0 Å². The van der Waals surface area contributed by atoms with Crippen LogP contribution in [0.15, 0.2) is 41.1 Å². The SMILES string of the molecule is CCc1cccnc1-c1noc(-c2ccc(O)cc2F)n1. The van der Waals surface area contributed by atoms with Crippen molar-refractivity contribution in [3.8, 4) is 28.7 Å². The van der Waals surface area contributed by atoms with E-state index in [1.54, 1.807) is 6.20 Å². The lowest BCUT2D eigenvalue weighted by atomic mass is 10.1. The molecule has 0 radical (unpaired) electrons. The summed E-state index contributed by atoms with van der Waals surface area (Å²) in [5.74, 6) is -0.416. The second kappa shape index (κ2) is 5.32. The Kier molecular flexibility index (Phi) is 3.35. The van der Waals surface area contributed by atoms with E-state index in [2.05, 4.69) is 15.1 Å². The lowest BCUT2D eigenvalue weighted by Gasteiger charge is -2.00. The molecule has 0 spiro atoms. The molecule has 6 heteroatoms. The van der Waals surface area contributed by atoms with E-state index >= 15 is 0 Å². The molecule has 0 atom stereocenters. The molecule has 0 amide bonds. The molecule has 1 N–H and O–H groups in total. The maximum atomic E-state index is 13.8. The third-order valence-corrected chi connectivity index (χ3v) is 3.09. The molecule has 106 valence electrons. The molecule has 0 saturated heterocycles. The number of pyridine rings is 1. The first-order chi connectivity index (χ1) is 10.2. The minimum absolute atomic E-state index is 0.0511. The summed E-state index contributed by atoms with van der Waals surface area (Å²) in [6, 6.07) is 7.52. The van der Waals surface area contributed by atoms with Gasteiger partial charge in [0, 0.05) is 12.3 Å². The van der Waals surface area contributed by atoms with Gasteiger partial charge in [-0.15, -0.1) is 0 Å². The van der Waals surface area contributed by atoms with Gasteiger partial charge < -0.3 is 9.63 Å². The van der Waals surface area contributed by atoms with E-state index in [4.69, 9.17) is 4.52 Å². The molecule has 0 aliphatic heterocycles. The molecule has 21 heavy (non-hydrogen) atoms. The first-order valence-corrected chi connectivity index (χ1v) is 6.46. The smallest absolute Gasteiger partial charge is 0.261 e. The van der Waals surface area contributed by atoms with Crippen molar-refractivity contribution in [3.05, 3.63) is 47.9 Å². The fourth-order valence-corrected chi connectivity index (χ4v) is 2.03. The zero-order valence-electron chi connectivity index (χ0n) is 11.2. The number of hydrogen-bond donors (Lipinski definition) is 1. The largest absolute Gasteiger partial charge is 0.508 e. The number of benzene rings is 1. The van der Waals surface area contributed by atoms with Gasteiger partial charge in [-0.05, 0) is 30.2 Å².